The van der Waals surface area contributed by atoms with Crippen LogP contribution in [-0.4, -0.2) is 38.3 Å². The lowest BCUT2D eigenvalue weighted by Crippen LogP contribution is -2.38. The molecular weight excluding hydrogens is 218 g/mol. The minimum atomic E-state index is -0.710. The summed E-state index contributed by atoms with van der Waals surface area (Å²) >= 11 is 0. The summed E-state index contributed by atoms with van der Waals surface area (Å²) in [6, 6.07) is -0.347. The van der Waals surface area contributed by atoms with E-state index in [1.165, 1.54) is 0 Å². The van der Waals surface area contributed by atoms with Crippen molar-refractivity contribution in [1.29, 1.82) is 0 Å². The molecule has 0 radical (unpaired) electrons. The Morgan fingerprint density at radius 3 is 3.00 bits per heavy atom. The van der Waals surface area contributed by atoms with E-state index in [0.717, 1.165) is 25.1 Å². The lowest BCUT2D eigenvalue weighted by Gasteiger charge is -2.22. The molecule has 0 saturated carbocycles. The number of carboxylic acid groups (broad SMARTS) is 1. The highest BCUT2D eigenvalue weighted by molar-refractivity contribution is 5.74. The summed E-state index contributed by atoms with van der Waals surface area (Å²) < 4.78 is 1.87. The molecule has 94 valence electrons. The first kappa shape index (κ1) is 12.1. The van der Waals surface area contributed by atoms with E-state index in [1.807, 2.05) is 35.8 Å². The Morgan fingerprint density at radius 2 is 2.41 bits per heavy atom. The summed E-state index contributed by atoms with van der Waals surface area (Å²) in [6.07, 6.45) is 4.77. The molecule has 2 rings (SSSR count). The number of likely N-dealkylation sites (tertiary alicyclic amines) is 1. The van der Waals surface area contributed by atoms with Gasteiger partial charge in [0.2, 0.25) is 0 Å². The fraction of sp³-hybridized carbons (Fsp3) is 0.667. The van der Waals surface area contributed by atoms with Crippen molar-refractivity contribution in [3.05, 3.63) is 18.0 Å². The first-order valence-corrected chi connectivity index (χ1v) is 6.10. The molecule has 2 unspecified atom stereocenters. The largest absolute Gasteiger partial charge is 0.480 e. The molecule has 0 amide bonds. The minimum Gasteiger partial charge on any atom is -0.480 e. The molecule has 2 heterocycles. The van der Waals surface area contributed by atoms with Gasteiger partial charge in [-0.15, -0.1) is 0 Å². The second-order valence-corrected chi connectivity index (χ2v) is 4.72. The van der Waals surface area contributed by atoms with Gasteiger partial charge >= 0.3 is 5.97 Å². The summed E-state index contributed by atoms with van der Waals surface area (Å²) in [4.78, 5) is 13.2. The van der Waals surface area contributed by atoms with Gasteiger partial charge in [0.05, 0.1) is 6.20 Å². The van der Waals surface area contributed by atoms with Crippen LogP contribution in [-0.2, 0) is 17.9 Å². The van der Waals surface area contributed by atoms with Crippen LogP contribution in [0.2, 0.25) is 0 Å². The van der Waals surface area contributed by atoms with Crippen LogP contribution in [0.4, 0.5) is 0 Å². The molecule has 5 heteroatoms. The van der Waals surface area contributed by atoms with Gasteiger partial charge < -0.3 is 5.11 Å². The molecule has 17 heavy (non-hydrogen) atoms. The van der Waals surface area contributed by atoms with Crippen LogP contribution in [0.3, 0.4) is 0 Å². The SMILES string of the molecule is CCn1cc(CN2CCC(C)C2C(=O)O)cn1. The molecule has 2 atom stereocenters. The summed E-state index contributed by atoms with van der Waals surface area (Å²) in [5.41, 5.74) is 1.09. The van der Waals surface area contributed by atoms with Gasteiger partial charge in [-0.25, -0.2) is 0 Å². The van der Waals surface area contributed by atoms with Crippen LogP contribution in [0.1, 0.15) is 25.8 Å². The van der Waals surface area contributed by atoms with E-state index < -0.39 is 5.97 Å². The van der Waals surface area contributed by atoms with Crippen molar-refractivity contribution in [2.24, 2.45) is 5.92 Å². The molecule has 1 saturated heterocycles. The first-order valence-electron chi connectivity index (χ1n) is 6.10. The highest BCUT2D eigenvalue weighted by atomic mass is 16.4. The predicted octanol–water partition coefficient (Wildman–Crippen LogP) is 1.20. The molecular formula is C12H19N3O2. The number of aromatic nitrogens is 2. The van der Waals surface area contributed by atoms with Gasteiger partial charge in [0.15, 0.2) is 0 Å². The lowest BCUT2D eigenvalue weighted by atomic mass is 10.0. The normalized spacial score (nSPS) is 25.3. The van der Waals surface area contributed by atoms with Crippen LogP contribution >= 0.6 is 0 Å². The van der Waals surface area contributed by atoms with Crippen molar-refractivity contribution in [1.82, 2.24) is 14.7 Å². The van der Waals surface area contributed by atoms with E-state index in [1.54, 1.807) is 0 Å². The van der Waals surface area contributed by atoms with Crippen molar-refractivity contribution in [3.63, 3.8) is 0 Å². The number of carbonyl (C=O) groups is 1. The average molecular weight is 237 g/mol. The Bertz CT molecular complexity index is 402. The van der Waals surface area contributed by atoms with E-state index in [4.69, 9.17) is 0 Å². The summed E-state index contributed by atoms with van der Waals surface area (Å²) in [7, 11) is 0. The van der Waals surface area contributed by atoms with Crippen LogP contribution < -0.4 is 0 Å². The van der Waals surface area contributed by atoms with Crippen molar-refractivity contribution in [3.8, 4) is 0 Å². The standard InChI is InChI=1S/C12H19N3O2/c1-3-15-8-10(6-13-15)7-14-5-4-9(2)11(14)12(16)17/h6,8-9,11H,3-5,7H2,1-2H3,(H,16,17). The second-order valence-electron chi connectivity index (χ2n) is 4.72. The number of nitrogens with zero attached hydrogens (tertiary/aromatic N) is 3. The number of hydrogen-bond donors (Lipinski definition) is 1. The van der Waals surface area contributed by atoms with Crippen molar-refractivity contribution in [2.75, 3.05) is 6.54 Å². The fourth-order valence-corrected chi connectivity index (χ4v) is 2.50. The van der Waals surface area contributed by atoms with Crippen LogP contribution in [0.25, 0.3) is 0 Å². The maximum atomic E-state index is 11.2. The molecule has 1 aromatic rings. The van der Waals surface area contributed by atoms with Crippen LogP contribution in [0, 0.1) is 5.92 Å². The van der Waals surface area contributed by atoms with Crippen molar-refractivity contribution in [2.45, 2.75) is 39.4 Å². The molecule has 1 fully saturated rings. The third-order valence-corrected chi connectivity index (χ3v) is 3.45. The first-order chi connectivity index (χ1) is 8.11. The quantitative estimate of drug-likeness (QED) is 0.854. The molecule has 1 aliphatic heterocycles. The van der Waals surface area contributed by atoms with E-state index >= 15 is 0 Å². The average Bonchev–Trinajstić information content (AvgIpc) is 2.86. The third kappa shape index (κ3) is 2.49. The van der Waals surface area contributed by atoms with Crippen LogP contribution in [0.5, 0.6) is 0 Å². The molecule has 1 aliphatic rings. The van der Waals surface area contributed by atoms with Gasteiger partial charge in [0, 0.05) is 24.8 Å². The number of rotatable bonds is 4. The van der Waals surface area contributed by atoms with Gasteiger partial charge in [-0.3, -0.25) is 14.4 Å². The monoisotopic (exact) mass is 237 g/mol. The fourth-order valence-electron chi connectivity index (χ4n) is 2.50. The Labute approximate surface area is 101 Å². The molecule has 0 aliphatic carbocycles. The second kappa shape index (κ2) is 4.87. The molecule has 1 aromatic heterocycles. The molecule has 0 bridgehead atoms. The third-order valence-electron chi connectivity index (χ3n) is 3.45. The summed E-state index contributed by atoms with van der Waals surface area (Å²) in [5, 5.41) is 13.4. The van der Waals surface area contributed by atoms with Crippen molar-refractivity contribution < 1.29 is 9.90 Å². The number of carboxylic acids is 1. The van der Waals surface area contributed by atoms with Crippen LogP contribution in [0.15, 0.2) is 12.4 Å². The van der Waals surface area contributed by atoms with Gasteiger partial charge in [-0.1, -0.05) is 6.92 Å². The van der Waals surface area contributed by atoms with Gasteiger partial charge in [-0.05, 0) is 25.8 Å². The highest BCUT2D eigenvalue weighted by Crippen LogP contribution is 2.25. The topological polar surface area (TPSA) is 58.4 Å². The van der Waals surface area contributed by atoms with Gasteiger partial charge in [0.25, 0.3) is 0 Å². The zero-order valence-electron chi connectivity index (χ0n) is 10.3. The Morgan fingerprint density at radius 1 is 1.65 bits per heavy atom. The zero-order chi connectivity index (χ0) is 12.4. The van der Waals surface area contributed by atoms with E-state index in [0.29, 0.717) is 6.54 Å². The Hall–Kier alpha value is -1.36. The maximum Gasteiger partial charge on any atom is 0.321 e. The van der Waals surface area contributed by atoms with E-state index in [2.05, 4.69) is 5.10 Å². The molecule has 1 N–H and O–H groups in total. The maximum absolute atomic E-state index is 11.2. The predicted molar refractivity (Wildman–Crippen MR) is 63.5 cm³/mol. The summed E-state index contributed by atoms with van der Waals surface area (Å²) in [6.45, 7) is 6.43. The Balaban J connectivity index is 2.05. The molecule has 0 spiro atoms. The molecule has 0 aromatic carbocycles. The highest BCUT2D eigenvalue weighted by Gasteiger charge is 2.36. The van der Waals surface area contributed by atoms with E-state index in [9.17, 15) is 9.90 Å². The number of aliphatic carboxylic acids is 1. The van der Waals surface area contributed by atoms with Crippen molar-refractivity contribution >= 4 is 5.97 Å². The minimum absolute atomic E-state index is 0.230. The zero-order valence-corrected chi connectivity index (χ0v) is 10.3. The number of hydrogen-bond acceptors (Lipinski definition) is 3. The molecule has 5 nitrogen and oxygen atoms in total. The van der Waals surface area contributed by atoms with E-state index in [-0.39, 0.29) is 12.0 Å². The van der Waals surface area contributed by atoms with Gasteiger partial charge in [-0.2, -0.15) is 5.10 Å². The lowest BCUT2D eigenvalue weighted by molar-refractivity contribution is -0.143. The number of aryl methyl sites for hydroxylation is 1. The Kier molecular flexibility index (Phi) is 3.47. The smallest absolute Gasteiger partial charge is 0.321 e. The van der Waals surface area contributed by atoms with Gasteiger partial charge in [0.1, 0.15) is 6.04 Å². The summed E-state index contributed by atoms with van der Waals surface area (Å²) in [5.74, 6) is -0.480.